The number of nitrogens with one attached hydrogen (secondary N) is 1. The summed E-state index contributed by atoms with van der Waals surface area (Å²) in [7, 11) is 0. The maximum Gasteiger partial charge on any atom is 0.115 e. The lowest BCUT2D eigenvalue weighted by atomic mass is 9.74. The van der Waals surface area contributed by atoms with Crippen LogP contribution in [0.25, 0.3) is 0 Å². The molecule has 2 nitrogen and oxygen atoms in total. The average molecular weight is 261 g/mol. The second-order valence-electron chi connectivity index (χ2n) is 6.48. The molecule has 0 bridgehead atoms. The van der Waals surface area contributed by atoms with E-state index in [1.54, 1.807) is 6.07 Å². The molecule has 1 aliphatic rings. The van der Waals surface area contributed by atoms with Crippen LogP contribution in [0.3, 0.4) is 0 Å². The molecule has 1 aliphatic carbocycles. The molecule has 0 saturated heterocycles. The van der Waals surface area contributed by atoms with Crippen LogP contribution in [0, 0.1) is 17.8 Å². The predicted molar refractivity (Wildman–Crippen MR) is 80.1 cm³/mol. The minimum atomic E-state index is 0.358. The molecular formula is C17H27NO. The third kappa shape index (κ3) is 3.97. The summed E-state index contributed by atoms with van der Waals surface area (Å²) in [6.07, 6.45) is 3.99. The third-order valence-electron chi connectivity index (χ3n) is 4.50. The van der Waals surface area contributed by atoms with Crippen molar-refractivity contribution in [1.29, 1.82) is 0 Å². The van der Waals surface area contributed by atoms with Crippen LogP contribution in [0.1, 0.15) is 45.6 Å². The molecule has 106 valence electrons. The highest BCUT2D eigenvalue weighted by molar-refractivity contribution is 5.27. The van der Waals surface area contributed by atoms with E-state index < -0.39 is 0 Å². The number of phenols is 1. The van der Waals surface area contributed by atoms with Crippen molar-refractivity contribution in [2.75, 3.05) is 0 Å². The molecule has 2 N–H and O–H groups in total. The normalized spacial score (nSPS) is 27.7. The summed E-state index contributed by atoms with van der Waals surface area (Å²) in [5.41, 5.74) is 1.17. The number of hydrogen-bond acceptors (Lipinski definition) is 2. The first-order valence-electron chi connectivity index (χ1n) is 7.57. The number of benzene rings is 1. The van der Waals surface area contributed by atoms with Crippen LogP contribution in [-0.2, 0) is 6.54 Å². The van der Waals surface area contributed by atoms with Crippen molar-refractivity contribution < 1.29 is 5.11 Å². The van der Waals surface area contributed by atoms with E-state index in [4.69, 9.17) is 0 Å². The Bertz CT molecular complexity index is 402. The number of aromatic hydroxyl groups is 1. The van der Waals surface area contributed by atoms with Crippen LogP contribution in [0.4, 0.5) is 0 Å². The molecule has 1 saturated carbocycles. The van der Waals surface area contributed by atoms with Gasteiger partial charge < -0.3 is 10.4 Å². The Morgan fingerprint density at radius 1 is 1.32 bits per heavy atom. The van der Waals surface area contributed by atoms with Crippen molar-refractivity contribution in [1.82, 2.24) is 5.32 Å². The van der Waals surface area contributed by atoms with Gasteiger partial charge in [0.1, 0.15) is 5.75 Å². The maximum absolute atomic E-state index is 9.50. The summed E-state index contributed by atoms with van der Waals surface area (Å²) in [5, 5.41) is 13.2. The first kappa shape index (κ1) is 14.4. The average Bonchev–Trinajstić information content (AvgIpc) is 2.36. The lowest BCUT2D eigenvalue weighted by Gasteiger charge is -2.38. The zero-order chi connectivity index (χ0) is 13.8. The molecule has 2 rings (SSSR count). The van der Waals surface area contributed by atoms with E-state index in [1.165, 1.54) is 24.8 Å². The minimum absolute atomic E-state index is 0.358. The lowest BCUT2D eigenvalue weighted by Crippen LogP contribution is -2.42. The van der Waals surface area contributed by atoms with Crippen LogP contribution >= 0.6 is 0 Å². The summed E-state index contributed by atoms with van der Waals surface area (Å²) >= 11 is 0. The van der Waals surface area contributed by atoms with Gasteiger partial charge in [-0.1, -0.05) is 39.3 Å². The fourth-order valence-electron chi connectivity index (χ4n) is 3.35. The van der Waals surface area contributed by atoms with Gasteiger partial charge in [0, 0.05) is 12.6 Å². The molecule has 0 aliphatic heterocycles. The van der Waals surface area contributed by atoms with Crippen molar-refractivity contribution in [3.63, 3.8) is 0 Å². The zero-order valence-corrected chi connectivity index (χ0v) is 12.4. The molecule has 0 radical (unpaired) electrons. The van der Waals surface area contributed by atoms with Crippen molar-refractivity contribution in [3.05, 3.63) is 29.8 Å². The number of hydrogen-bond donors (Lipinski definition) is 2. The Labute approximate surface area is 117 Å². The van der Waals surface area contributed by atoms with Crippen LogP contribution in [0.5, 0.6) is 5.75 Å². The summed E-state index contributed by atoms with van der Waals surface area (Å²) in [6, 6.07) is 8.18. The van der Waals surface area contributed by atoms with E-state index in [0.717, 1.165) is 24.3 Å². The predicted octanol–water partition coefficient (Wildman–Crippen LogP) is 3.94. The second kappa shape index (κ2) is 6.42. The molecule has 3 atom stereocenters. The van der Waals surface area contributed by atoms with Gasteiger partial charge in [0.25, 0.3) is 0 Å². The van der Waals surface area contributed by atoms with E-state index in [-0.39, 0.29) is 0 Å². The van der Waals surface area contributed by atoms with Gasteiger partial charge in [-0.2, -0.15) is 0 Å². The fourth-order valence-corrected chi connectivity index (χ4v) is 3.35. The van der Waals surface area contributed by atoms with Gasteiger partial charge in [0.15, 0.2) is 0 Å². The first-order valence-corrected chi connectivity index (χ1v) is 7.57. The van der Waals surface area contributed by atoms with Gasteiger partial charge in [-0.3, -0.25) is 0 Å². The largest absolute Gasteiger partial charge is 0.508 e. The fraction of sp³-hybridized carbons (Fsp3) is 0.647. The standard InChI is InChI=1S/C17H27NO/c1-12(2)16-8-7-13(3)9-17(16)18-11-14-5-4-6-15(19)10-14/h4-6,10,12-13,16-19H,7-9,11H2,1-3H3. The van der Waals surface area contributed by atoms with Gasteiger partial charge >= 0.3 is 0 Å². The Kier molecular flexibility index (Phi) is 4.87. The van der Waals surface area contributed by atoms with E-state index in [1.807, 2.05) is 12.1 Å². The highest BCUT2D eigenvalue weighted by atomic mass is 16.3. The zero-order valence-electron chi connectivity index (χ0n) is 12.4. The van der Waals surface area contributed by atoms with E-state index in [0.29, 0.717) is 11.8 Å². The number of rotatable bonds is 4. The van der Waals surface area contributed by atoms with E-state index in [2.05, 4.69) is 32.2 Å². The summed E-state index contributed by atoms with van der Waals surface area (Å²) in [4.78, 5) is 0. The topological polar surface area (TPSA) is 32.3 Å². The van der Waals surface area contributed by atoms with Crippen molar-refractivity contribution >= 4 is 0 Å². The Hall–Kier alpha value is -1.02. The van der Waals surface area contributed by atoms with Gasteiger partial charge in [-0.05, 0) is 48.3 Å². The molecule has 3 unspecified atom stereocenters. The molecular weight excluding hydrogens is 234 g/mol. The first-order chi connectivity index (χ1) is 9.06. The van der Waals surface area contributed by atoms with Gasteiger partial charge in [-0.25, -0.2) is 0 Å². The highest BCUT2D eigenvalue weighted by Crippen LogP contribution is 2.33. The van der Waals surface area contributed by atoms with Crippen LogP contribution in [0.15, 0.2) is 24.3 Å². The molecule has 1 aromatic carbocycles. The molecule has 0 spiro atoms. The summed E-state index contributed by atoms with van der Waals surface area (Å²) in [6.45, 7) is 7.89. The van der Waals surface area contributed by atoms with E-state index >= 15 is 0 Å². The molecule has 0 aromatic heterocycles. The molecule has 19 heavy (non-hydrogen) atoms. The van der Waals surface area contributed by atoms with Crippen LogP contribution in [-0.4, -0.2) is 11.1 Å². The third-order valence-corrected chi connectivity index (χ3v) is 4.50. The molecule has 1 fully saturated rings. The van der Waals surface area contributed by atoms with Crippen LogP contribution in [0.2, 0.25) is 0 Å². The lowest BCUT2D eigenvalue weighted by molar-refractivity contribution is 0.169. The molecule has 0 heterocycles. The molecule has 0 amide bonds. The Balaban J connectivity index is 1.95. The summed E-state index contributed by atoms with van der Waals surface area (Å²) in [5.74, 6) is 2.72. The van der Waals surface area contributed by atoms with E-state index in [9.17, 15) is 5.11 Å². The minimum Gasteiger partial charge on any atom is -0.508 e. The molecule has 2 heteroatoms. The Morgan fingerprint density at radius 2 is 2.11 bits per heavy atom. The van der Waals surface area contributed by atoms with Crippen molar-refractivity contribution in [3.8, 4) is 5.75 Å². The highest BCUT2D eigenvalue weighted by Gasteiger charge is 2.30. The monoisotopic (exact) mass is 261 g/mol. The van der Waals surface area contributed by atoms with Gasteiger partial charge in [0.05, 0.1) is 0 Å². The quantitative estimate of drug-likeness (QED) is 0.860. The summed E-state index contributed by atoms with van der Waals surface area (Å²) < 4.78 is 0. The molecule has 1 aromatic rings. The smallest absolute Gasteiger partial charge is 0.115 e. The SMILES string of the molecule is CC1CCC(C(C)C)C(NCc2cccc(O)c2)C1. The van der Waals surface area contributed by atoms with Gasteiger partial charge in [-0.15, -0.1) is 0 Å². The number of phenolic OH excluding ortho intramolecular Hbond substituents is 1. The second-order valence-corrected chi connectivity index (χ2v) is 6.48. The maximum atomic E-state index is 9.50. The Morgan fingerprint density at radius 3 is 2.79 bits per heavy atom. The van der Waals surface area contributed by atoms with Gasteiger partial charge in [0.2, 0.25) is 0 Å². The van der Waals surface area contributed by atoms with Crippen molar-refractivity contribution in [2.45, 2.75) is 52.6 Å². The van der Waals surface area contributed by atoms with Crippen LogP contribution < -0.4 is 5.32 Å². The van der Waals surface area contributed by atoms with Crippen molar-refractivity contribution in [2.24, 2.45) is 17.8 Å².